The van der Waals surface area contributed by atoms with Crippen LogP contribution in [0.15, 0.2) is 24.3 Å². The van der Waals surface area contributed by atoms with Crippen molar-refractivity contribution in [2.45, 2.75) is 26.3 Å². The molecule has 1 aromatic carbocycles. The van der Waals surface area contributed by atoms with E-state index in [4.69, 9.17) is 4.74 Å². The molecular weight excluding hydrogens is 302 g/mol. The Hall–Kier alpha value is -1.56. The van der Waals surface area contributed by atoms with Gasteiger partial charge in [-0.2, -0.15) is 0 Å². The Balaban J connectivity index is 2.07. The van der Waals surface area contributed by atoms with E-state index in [2.05, 4.69) is 13.8 Å². The zero-order valence-corrected chi connectivity index (χ0v) is 14.1. The number of rotatable bonds is 5. The maximum absolute atomic E-state index is 12.5. The largest absolute Gasteiger partial charge is 0.493 e. The Labute approximate surface area is 132 Å². The molecule has 0 aliphatic carbocycles. The molecule has 0 aromatic heterocycles. The van der Waals surface area contributed by atoms with Gasteiger partial charge in [0, 0.05) is 18.7 Å². The Morgan fingerprint density at radius 3 is 2.73 bits per heavy atom. The van der Waals surface area contributed by atoms with E-state index in [9.17, 15) is 13.2 Å². The van der Waals surface area contributed by atoms with Gasteiger partial charge in [0.1, 0.15) is 5.75 Å². The lowest BCUT2D eigenvalue weighted by atomic mass is 10.1. The second kappa shape index (κ2) is 6.69. The van der Waals surface area contributed by atoms with Gasteiger partial charge in [-0.1, -0.05) is 19.9 Å². The summed E-state index contributed by atoms with van der Waals surface area (Å²) in [6, 6.07) is 6.80. The van der Waals surface area contributed by atoms with Crippen LogP contribution in [0, 0.1) is 5.92 Å². The molecule has 0 bridgehead atoms. The van der Waals surface area contributed by atoms with Crippen LogP contribution in [0.5, 0.6) is 5.75 Å². The zero-order chi connectivity index (χ0) is 16.3. The molecule has 1 fully saturated rings. The van der Waals surface area contributed by atoms with Gasteiger partial charge in [-0.15, -0.1) is 0 Å². The fourth-order valence-corrected chi connectivity index (χ4v) is 4.21. The predicted molar refractivity (Wildman–Crippen MR) is 85.9 cm³/mol. The molecular formula is C16H23NO4S. The summed E-state index contributed by atoms with van der Waals surface area (Å²) in [4.78, 5) is 14.0. The third kappa shape index (κ3) is 4.22. The quantitative estimate of drug-likeness (QED) is 0.830. The molecule has 0 radical (unpaired) electrons. The van der Waals surface area contributed by atoms with Crippen LogP contribution in [0.3, 0.4) is 0 Å². The van der Waals surface area contributed by atoms with E-state index in [1.54, 1.807) is 25.2 Å². The van der Waals surface area contributed by atoms with E-state index in [0.717, 1.165) is 0 Å². The van der Waals surface area contributed by atoms with E-state index >= 15 is 0 Å². The minimum Gasteiger partial charge on any atom is -0.493 e. The van der Waals surface area contributed by atoms with Gasteiger partial charge in [0.15, 0.2) is 9.84 Å². The van der Waals surface area contributed by atoms with Gasteiger partial charge < -0.3 is 9.64 Å². The molecule has 2 rings (SSSR count). The fraction of sp³-hybridized carbons (Fsp3) is 0.562. The van der Waals surface area contributed by atoms with Crippen molar-refractivity contribution < 1.29 is 17.9 Å². The maximum atomic E-state index is 12.5. The Morgan fingerprint density at radius 2 is 2.14 bits per heavy atom. The number of sulfone groups is 1. The molecule has 1 heterocycles. The molecule has 1 saturated heterocycles. The van der Waals surface area contributed by atoms with E-state index in [1.807, 2.05) is 6.07 Å². The van der Waals surface area contributed by atoms with E-state index in [-0.39, 0.29) is 23.5 Å². The first kappa shape index (κ1) is 16.8. The SMILES string of the molecule is CC(C)COc1cccc(C(=O)N(C)[C@@H]2CCS(=O)(=O)C2)c1. The first-order chi connectivity index (χ1) is 10.3. The summed E-state index contributed by atoms with van der Waals surface area (Å²) in [6.07, 6.45) is 0.508. The van der Waals surface area contributed by atoms with Crippen molar-refractivity contribution in [3.63, 3.8) is 0 Å². The molecule has 1 aliphatic rings. The normalized spacial score (nSPS) is 20.1. The van der Waals surface area contributed by atoms with Crippen LogP contribution < -0.4 is 4.74 Å². The third-order valence-corrected chi connectivity index (χ3v) is 5.49. The maximum Gasteiger partial charge on any atom is 0.254 e. The van der Waals surface area contributed by atoms with Gasteiger partial charge in [0.25, 0.3) is 5.91 Å². The molecule has 5 nitrogen and oxygen atoms in total. The Kier molecular flexibility index (Phi) is 5.11. The summed E-state index contributed by atoms with van der Waals surface area (Å²) in [5.41, 5.74) is 0.521. The highest BCUT2D eigenvalue weighted by molar-refractivity contribution is 7.91. The number of hydrogen-bond acceptors (Lipinski definition) is 4. The molecule has 22 heavy (non-hydrogen) atoms. The molecule has 6 heteroatoms. The van der Waals surface area contributed by atoms with Gasteiger partial charge in [-0.25, -0.2) is 8.42 Å². The van der Waals surface area contributed by atoms with Crippen molar-refractivity contribution in [3.05, 3.63) is 29.8 Å². The highest BCUT2D eigenvalue weighted by Gasteiger charge is 2.33. The standard InChI is InChI=1S/C16H23NO4S/c1-12(2)10-21-15-6-4-5-13(9-15)16(18)17(3)14-7-8-22(19,20)11-14/h4-6,9,12,14H,7-8,10-11H2,1-3H3/t14-/m1/s1. The topological polar surface area (TPSA) is 63.7 Å². The summed E-state index contributed by atoms with van der Waals surface area (Å²) < 4.78 is 28.7. The molecule has 1 amide bonds. The van der Waals surface area contributed by atoms with Crippen LogP contribution in [-0.2, 0) is 9.84 Å². The Morgan fingerprint density at radius 1 is 1.41 bits per heavy atom. The molecule has 0 unspecified atom stereocenters. The molecule has 1 aromatic rings. The van der Waals surface area contributed by atoms with Crippen molar-refractivity contribution >= 4 is 15.7 Å². The van der Waals surface area contributed by atoms with Gasteiger partial charge in [-0.05, 0) is 30.5 Å². The minimum atomic E-state index is -3.00. The number of amides is 1. The van der Waals surface area contributed by atoms with Gasteiger partial charge >= 0.3 is 0 Å². The van der Waals surface area contributed by atoms with E-state index < -0.39 is 9.84 Å². The van der Waals surface area contributed by atoms with Gasteiger partial charge in [0.05, 0.1) is 18.1 Å². The summed E-state index contributed by atoms with van der Waals surface area (Å²) in [7, 11) is -1.34. The van der Waals surface area contributed by atoms with E-state index in [0.29, 0.717) is 30.3 Å². The van der Waals surface area contributed by atoms with Crippen LogP contribution in [0.25, 0.3) is 0 Å². The molecule has 0 N–H and O–H groups in total. The second-order valence-electron chi connectivity index (χ2n) is 6.21. The Bertz CT molecular complexity index is 639. The summed E-state index contributed by atoms with van der Waals surface area (Å²) in [5.74, 6) is 1.11. The first-order valence-electron chi connectivity index (χ1n) is 7.49. The average Bonchev–Trinajstić information content (AvgIpc) is 2.84. The molecule has 1 atom stereocenters. The summed E-state index contributed by atoms with van der Waals surface area (Å²) in [6.45, 7) is 4.71. The van der Waals surface area contributed by atoms with Crippen LogP contribution in [-0.4, -0.2) is 50.4 Å². The summed E-state index contributed by atoms with van der Waals surface area (Å²) in [5, 5.41) is 0. The number of carbonyl (C=O) groups excluding carboxylic acids is 1. The van der Waals surface area contributed by atoms with Crippen molar-refractivity contribution in [2.75, 3.05) is 25.2 Å². The fourth-order valence-electron chi connectivity index (χ4n) is 2.43. The van der Waals surface area contributed by atoms with Crippen LogP contribution >= 0.6 is 0 Å². The number of carbonyl (C=O) groups is 1. The second-order valence-corrected chi connectivity index (χ2v) is 8.43. The van der Waals surface area contributed by atoms with Crippen LogP contribution in [0.1, 0.15) is 30.6 Å². The minimum absolute atomic E-state index is 0.0543. The molecule has 0 spiro atoms. The van der Waals surface area contributed by atoms with Gasteiger partial charge in [0.2, 0.25) is 0 Å². The average molecular weight is 325 g/mol. The van der Waals surface area contributed by atoms with Crippen molar-refractivity contribution in [3.8, 4) is 5.75 Å². The number of nitrogens with zero attached hydrogens (tertiary/aromatic N) is 1. The number of benzene rings is 1. The molecule has 122 valence electrons. The lowest BCUT2D eigenvalue weighted by Crippen LogP contribution is -2.37. The number of ether oxygens (including phenoxy) is 1. The van der Waals surface area contributed by atoms with Crippen molar-refractivity contribution in [1.82, 2.24) is 4.90 Å². The van der Waals surface area contributed by atoms with Crippen molar-refractivity contribution in [1.29, 1.82) is 0 Å². The van der Waals surface area contributed by atoms with Gasteiger partial charge in [-0.3, -0.25) is 4.79 Å². The summed E-state index contributed by atoms with van der Waals surface area (Å²) >= 11 is 0. The zero-order valence-electron chi connectivity index (χ0n) is 13.3. The first-order valence-corrected chi connectivity index (χ1v) is 9.31. The van der Waals surface area contributed by atoms with Crippen LogP contribution in [0.2, 0.25) is 0 Å². The highest BCUT2D eigenvalue weighted by Crippen LogP contribution is 2.20. The molecule has 1 aliphatic heterocycles. The lowest BCUT2D eigenvalue weighted by Gasteiger charge is -2.23. The predicted octanol–water partition coefficient (Wildman–Crippen LogP) is 1.98. The number of hydrogen-bond donors (Lipinski definition) is 0. The third-order valence-electron chi connectivity index (χ3n) is 3.74. The lowest BCUT2D eigenvalue weighted by molar-refractivity contribution is 0.0747. The monoisotopic (exact) mass is 325 g/mol. The highest BCUT2D eigenvalue weighted by atomic mass is 32.2. The van der Waals surface area contributed by atoms with Crippen LogP contribution in [0.4, 0.5) is 0 Å². The van der Waals surface area contributed by atoms with E-state index in [1.165, 1.54) is 4.90 Å². The molecule has 0 saturated carbocycles. The van der Waals surface area contributed by atoms with Crippen molar-refractivity contribution in [2.24, 2.45) is 5.92 Å². The smallest absolute Gasteiger partial charge is 0.254 e.